The van der Waals surface area contributed by atoms with Crippen LogP contribution >= 0.6 is 0 Å². The Hall–Kier alpha value is -2.34. The molecule has 0 unspecified atom stereocenters. The van der Waals surface area contributed by atoms with Gasteiger partial charge in [-0.1, -0.05) is 0 Å². The average Bonchev–Trinajstić information content (AvgIpc) is 3.30. The number of piperidine rings is 1. The van der Waals surface area contributed by atoms with Gasteiger partial charge in [-0.05, 0) is 57.0 Å². The summed E-state index contributed by atoms with van der Waals surface area (Å²) in [4.78, 5) is 17.0. The van der Waals surface area contributed by atoms with E-state index < -0.39 is 0 Å². The van der Waals surface area contributed by atoms with Crippen LogP contribution in [0, 0.1) is 18.2 Å². The minimum atomic E-state index is -0.197. The van der Waals surface area contributed by atoms with Crippen molar-refractivity contribution in [3.05, 3.63) is 53.2 Å². The minimum absolute atomic E-state index is 0.0182. The predicted octanol–water partition coefficient (Wildman–Crippen LogP) is 3.86. The van der Waals surface area contributed by atoms with Crippen molar-refractivity contribution in [1.29, 1.82) is 0 Å². The van der Waals surface area contributed by atoms with E-state index in [1.165, 1.54) is 6.07 Å². The lowest BCUT2D eigenvalue weighted by Crippen LogP contribution is -2.45. The van der Waals surface area contributed by atoms with Gasteiger partial charge in [0.15, 0.2) is 5.76 Å². The van der Waals surface area contributed by atoms with E-state index in [1.54, 1.807) is 25.5 Å². The van der Waals surface area contributed by atoms with E-state index in [9.17, 15) is 9.18 Å². The Balaban J connectivity index is 1.44. The van der Waals surface area contributed by atoms with Crippen LogP contribution in [0.25, 0.3) is 0 Å². The summed E-state index contributed by atoms with van der Waals surface area (Å²) in [5.74, 6) is 0.907. The maximum absolute atomic E-state index is 14.2. The second-order valence-electron chi connectivity index (χ2n) is 8.18. The highest BCUT2D eigenvalue weighted by molar-refractivity contribution is 5.93. The highest BCUT2D eigenvalue weighted by Crippen LogP contribution is 2.40. The molecule has 0 aliphatic carbocycles. The smallest absolute Gasteiger partial charge is 0.289 e. The molecule has 2 fully saturated rings. The summed E-state index contributed by atoms with van der Waals surface area (Å²) in [6.07, 6.45) is 4.72. The van der Waals surface area contributed by atoms with Crippen LogP contribution in [-0.2, 0) is 6.54 Å². The zero-order chi connectivity index (χ0) is 19.7. The number of furan rings is 1. The molecule has 2 aliphatic heterocycles. The minimum Gasteiger partial charge on any atom is -0.497 e. The van der Waals surface area contributed by atoms with Crippen molar-refractivity contribution in [3.63, 3.8) is 0 Å². The Morgan fingerprint density at radius 2 is 2.11 bits per heavy atom. The normalized spacial score (nSPS) is 22.8. The van der Waals surface area contributed by atoms with Crippen molar-refractivity contribution >= 4 is 5.91 Å². The number of methoxy groups -OCH3 is 1. The van der Waals surface area contributed by atoms with Crippen molar-refractivity contribution in [3.8, 4) is 5.75 Å². The molecular weight excluding hydrogens is 359 g/mol. The lowest BCUT2D eigenvalue weighted by molar-refractivity contribution is 0.0648. The van der Waals surface area contributed by atoms with Crippen molar-refractivity contribution in [2.24, 2.45) is 5.41 Å². The zero-order valence-corrected chi connectivity index (χ0v) is 16.5. The zero-order valence-electron chi connectivity index (χ0n) is 16.5. The summed E-state index contributed by atoms with van der Waals surface area (Å²) in [5, 5.41) is 0. The molecule has 0 radical (unpaired) electrons. The van der Waals surface area contributed by atoms with Gasteiger partial charge in [-0.3, -0.25) is 9.69 Å². The van der Waals surface area contributed by atoms with Crippen LogP contribution in [0.15, 0.2) is 34.9 Å². The average molecular weight is 386 g/mol. The number of carbonyl (C=O) groups is 1. The number of nitrogens with zero attached hydrogens (tertiary/aromatic N) is 2. The summed E-state index contributed by atoms with van der Waals surface area (Å²) in [6, 6.07) is 6.72. The van der Waals surface area contributed by atoms with Crippen LogP contribution in [0.4, 0.5) is 4.39 Å². The number of carbonyl (C=O) groups excluding carboxylic acids is 1. The molecule has 1 spiro atoms. The van der Waals surface area contributed by atoms with E-state index >= 15 is 0 Å². The quantitative estimate of drug-likeness (QED) is 0.800. The number of aryl methyl sites for hydroxylation is 1. The summed E-state index contributed by atoms with van der Waals surface area (Å²) >= 11 is 0. The Morgan fingerprint density at radius 1 is 1.25 bits per heavy atom. The van der Waals surface area contributed by atoms with E-state index in [2.05, 4.69) is 4.90 Å². The second kappa shape index (κ2) is 7.59. The van der Waals surface area contributed by atoms with E-state index in [4.69, 9.17) is 9.15 Å². The number of hydrogen-bond donors (Lipinski definition) is 0. The highest BCUT2D eigenvalue weighted by atomic mass is 19.1. The van der Waals surface area contributed by atoms with Gasteiger partial charge < -0.3 is 14.1 Å². The second-order valence-corrected chi connectivity index (χ2v) is 8.18. The number of ether oxygens (including phenoxy) is 1. The van der Waals surface area contributed by atoms with Crippen LogP contribution in [0.1, 0.15) is 40.9 Å². The van der Waals surface area contributed by atoms with Crippen LogP contribution < -0.4 is 4.74 Å². The molecule has 2 aromatic rings. The Labute approximate surface area is 165 Å². The molecule has 4 rings (SSSR count). The van der Waals surface area contributed by atoms with Crippen LogP contribution in [0.3, 0.4) is 0 Å². The van der Waals surface area contributed by atoms with Gasteiger partial charge >= 0.3 is 0 Å². The predicted molar refractivity (Wildman–Crippen MR) is 104 cm³/mol. The van der Waals surface area contributed by atoms with Crippen LogP contribution in [0.5, 0.6) is 5.75 Å². The summed E-state index contributed by atoms with van der Waals surface area (Å²) in [5.41, 5.74) is 1.63. The molecule has 1 atom stereocenters. The van der Waals surface area contributed by atoms with Crippen molar-refractivity contribution in [2.75, 3.05) is 33.3 Å². The van der Waals surface area contributed by atoms with E-state index in [1.807, 2.05) is 17.9 Å². The van der Waals surface area contributed by atoms with Crippen LogP contribution in [-0.4, -0.2) is 49.0 Å². The van der Waals surface area contributed by atoms with Gasteiger partial charge in [-0.15, -0.1) is 0 Å². The molecule has 3 heterocycles. The van der Waals surface area contributed by atoms with Crippen molar-refractivity contribution < 1.29 is 18.3 Å². The third-order valence-electron chi connectivity index (χ3n) is 6.17. The first-order valence-electron chi connectivity index (χ1n) is 9.88. The molecule has 5 nitrogen and oxygen atoms in total. The van der Waals surface area contributed by atoms with Gasteiger partial charge in [0.2, 0.25) is 0 Å². The number of rotatable bonds is 4. The molecule has 1 aromatic carbocycles. The van der Waals surface area contributed by atoms with Gasteiger partial charge in [-0.2, -0.15) is 0 Å². The van der Waals surface area contributed by atoms with Gasteiger partial charge in [0.25, 0.3) is 5.91 Å². The number of halogens is 1. The van der Waals surface area contributed by atoms with E-state index in [0.29, 0.717) is 23.6 Å². The Bertz CT molecular complexity index is 865. The molecule has 2 aliphatic rings. The molecule has 1 aromatic heterocycles. The maximum Gasteiger partial charge on any atom is 0.289 e. The first kappa shape index (κ1) is 19.0. The Morgan fingerprint density at radius 3 is 2.86 bits per heavy atom. The summed E-state index contributed by atoms with van der Waals surface area (Å²) in [6.45, 7) is 5.78. The molecule has 0 bridgehead atoms. The third kappa shape index (κ3) is 3.65. The van der Waals surface area contributed by atoms with E-state index in [-0.39, 0.29) is 17.1 Å². The van der Waals surface area contributed by atoms with E-state index in [0.717, 1.165) is 51.0 Å². The number of hydrogen-bond acceptors (Lipinski definition) is 4. The molecule has 28 heavy (non-hydrogen) atoms. The fourth-order valence-electron chi connectivity index (χ4n) is 4.66. The number of benzene rings is 1. The van der Waals surface area contributed by atoms with Crippen molar-refractivity contribution in [1.82, 2.24) is 9.80 Å². The lowest BCUT2D eigenvalue weighted by atomic mass is 9.79. The number of likely N-dealkylation sites (tertiary alicyclic amines) is 2. The van der Waals surface area contributed by atoms with Gasteiger partial charge in [-0.25, -0.2) is 4.39 Å². The molecule has 0 saturated carbocycles. The lowest BCUT2D eigenvalue weighted by Gasteiger charge is -2.40. The molecule has 2 saturated heterocycles. The topological polar surface area (TPSA) is 45.9 Å². The molecule has 6 heteroatoms. The SMILES string of the molecule is COc1ccc(F)c(CN2CCC[C@@]3(CCN(C(=O)c4occc4C)C3)C2)c1. The Kier molecular flexibility index (Phi) is 5.15. The summed E-state index contributed by atoms with van der Waals surface area (Å²) < 4.78 is 24.9. The fourth-order valence-corrected chi connectivity index (χ4v) is 4.66. The van der Waals surface area contributed by atoms with Gasteiger partial charge in [0, 0.05) is 42.7 Å². The van der Waals surface area contributed by atoms with Crippen LogP contribution in [0.2, 0.25) is 0 Å². The third-order valence-corrected chi connectivity index (χ3v) is 6.17. The monoisotopic (exact) mass is 386 g/mol. The first-order valence-corrected chi connectivity index (χ1v) is 9.88. The molecule has 1 amide bonds. The standard InChI is InChI=1S/C22H27FN2O3/c1-16-6-11-28-20(16)21(26)25-10-8-22(15-25)7-3-9-24(14-22)13-17-12-18(27-2)4-5-19(17)23/h4-6,11-12H,3,7-10,13-15H2,1-2H3/t22-/m1/s1. The summed E-state index contributed by atoms with van der Waals surface area (Å²) in [7, 11) is 1.60. The fraction of sp³-hybridized carbons (Fsp3) is 0.500. The molecular formula is C22H27FN2O3. The largest absolute Gasteiger partial charge is 0.497 e. The highest BCUT2D eigenvalue weighted by Gasteiger charge is 2.43. The van der Waals surface area contributed by atoms with Gasteiger partial charge in [0.1, 0.15) is 11.6 Å². The molecule has 150 valence electrons. The maximum atomic E-state index is 14.2. The molecule has 0 N–H and O–H groups in total. The van der Waals surface area contributed by atoms with Crippen molar-refractivity contribution in [2.45, 2.75) is 32.7 Å². The first-order chi connectivity index (χ1) is 13.5. The number of amides is 1. The van der Waals surface area contributed by atoms with Gasteiger partial charge in [0.05, 0.1) is 13.4 Å².